The minimum atomic E-state index is -0.326. The van der Waals surface area contributed by atoms with E-state index < -0.39 is 0 Å². The van der Waals surface area contributed by atoms with E-state index in [-0.39, 0.29) is 12.0 Å². The van der Waals surface area contributed by atoms with Gasteiger partial charge in [-0.1, -0.05) is 0 Å². The normalized spacial score (nSPS) is 20.2. The lowest BCUT2D eigenvalue weighted by Gasteiger charge is -2.22. The molecule has 1 aliphatic heterocycles. The molecule has 0 bridgehead atoms. The quantitative estimate of drug-likeness (QED) is 0.832. The number of hydrogen-bond acceptors (Lipinski definition) is 4. The van der Waals surface area contributed by atoms with E-state index >= 15 is 0 Å². The van der Waals surface area contributed by atoms with Gasteiger partial charge in [-0.2, -0.15) is 0 Å². The van der Waals surface area contributed by atoms with Crippen LogP contribution in [0.5, 0.6) is 0 Å². The van der Waals surface area contributed by atoms with Crippen LogP contribution in [0, 0.1) is 6.92 Å². The molecule has 5 heteroatoms. The third-order valence-electron chi connectivity index (χ3n) is 2.84. The average Bonchev–Trinajstić information content (AvgIpc) is 2.76. The van der Waals surface area contributed by atoms with Crippen molar-refractivity contribution in [2.75, 3.05) is 26.2 Å². The first-order valence-corrected chi connectivity index (χ1v) is 6.78. The van der Waals surface area contributed by atoms with Crippen molar-refractivity contribution in [3.8, 4) is 0 Å². The Hall–Kier alpha value is -0.910. The zero-order valence-electron chi connectivity index (χ0n) is 9.99. The summed E-state index contributed by atoms with van der Waals surface area (Å²) < 4.78 is 5.38. The maximum absolute atomic E-state index is 11.7. The summed E-state index contributed by atoms with van der Waals surface area (Å²) in [5.74, 6) is -0.00795. The van der Waals surface area contributed by atoms with E-state index in [0.717, 1.165) is 13.0 Å². The zero-order valence-corrected chi connectivity index (χ0v) is 10.8. The van der Waals surface area contributed by atoms with Crippen LogP contribution in [0.4, 0.5) is 0 Å². The fraction of sp³-hybridized carbons (Fsp3) is 0.583. The lowest BCUT2D eigenvalue weighted by molar-refractivity contribution is -0.134. The van der Waals surface area contributed by atoms with Gasteiger partial charge in [0.2, 0.25) is 5.91 Å². The van der Waals surface area contributed by atoms with E-state index in [4.69, 9.17) is 4.74 Å². The molecule has 0 saturated carbocycles. The van der Waals surface area contributed by atoms with Crippen LogP contribution in [0.2, 0.25) is 0 Å². The molecule has 0 aliphatic carbocycles. The maximum atomic E-state index is 11.7. The SMILES string of the molecule is Cc1ccsc1CCNC(=O)[C@@H]1CNCCO1. The molecule has 0 spiro atoms. The number of nitrogens with one attached hydrogen (secondary N) is 2. The Kier molecular flexibility index (Phi) is 4.53. The molecular formula is C12H18N2O2S. The maximum Gasteiger partial charge on any atom is 0.250 e. The topological polar surface area (TPSA) is 50.4 Å². The molecule has 0 aromatic carbocycles. The first-order valence-electron chi connectivity index (χ1n) is 5.90. The number of ether oxygens (including phenoxy) is 1. The Morgan fingerprint density at radius 1 is 1.71 bits per heavy atom. The van der Waals surface area contributed by atoms with Gasteiger partial charge in [-0.15, -0.1) is 11.3 Å². The first kappa shape index (κ1) is 12.5. The molecule has 1 fully saturated rings. The van der Waals surface area contributed by atoms with Crippen LogP contribution in [0.25, 0.3) is 0 Å². The number of carbonyl (C=O) groups is 1. The van der Waals surface area contributed by atoms with Crippen LogP contribution in [-0.2, 0) is 16.0 Å². The van der Waals surface area contributed by atoms with Gasteiger partial charge >= 0.3 is 0 Å². The van der Waals surface area contributed by atoms with E-state index in [2.05, 4.69) is 29.0 Å². The molecule has 0 unspecified atom stereocenters. The van der Waals surface area contributed by atoms with Crippen LogP contribution < -0.4 is 10.6 Å². The Balaban J connectivity index is 1.71. The molecule has 2 rings (SSSR count). The number of morpholine rings is 1. The van der Waals surface area contributed by atoms with Gasteiger partial charge in [0, 0.05) is 24.5 Å². The molecule has 1 aromatic heterocycles. The zero-order chi connectivity index (χ0) is 12.1. The van der Waals surface area contributed by atoms with Gasteiger partial charge in [-0.3, -0.25) is 4.79 Å². The third kappa shape index (κ3) is 3.52. The number of carbonyl (C=O) groups excluding carboxylic acids is 1. The van der Waals surface area contributed by atoms with Gasteiger partial charge in [0.05, 0.1) is 6.61 Å². The Morgan fingerprint density at radius 3 is 3.24 bits per heavy atom. The average molecular weight is 254 g/mol. The van der Waals surface area contributed by atoms with E-state index in [1.807, 2.05) is 0 Å². The Labute approximate surface area is 105 Å². The van der Waals surface area contributed by atoms with Gasteiger partial charge in [-0.25, -0.2) is 0 Å². The predicted octanol–water partition coefficient (Wildman–Crippen LogP) is 0.704. The number of rotatable bonds is 4. The molecule has 0 radical (unpaired) electrons. The highest BCUT2D eigenvalue weighted by atomic mass is 32.1. The summed E-state index contributed by atoms with van der Waals surface area (Å²) >= 11 is 1.74. The van der Waals surface area contributed by atoms with Gasteiger partial charge in [0.25, 0.3) is 0 Å². The number of aryl methyl sites for hydroxylation is 1. The molecule has 1 atom stereocenters. The van der Waals surface area contributed by atoms with E-state index in [0.29, 0.717) is 19.7 Å². The van der Waals surface area contributed by atoms with Crippen molar-refractivity contribution in [2.45, 2.75) is 19.4 Å². The number of hydrogen-bond donors (Lipinski definition) is 2. The minimum Gasteiger partial charge on any atom is -0.366 e. The molecule has 1 saturated heterocycles. The highest BCUT2D eigenvalue weighted by Gasteiger charge is 2.20. The summed E-state index contributed by atoms with van der Waals surface area (Å²) in [5, 5.41) is 8.15. The molecule has 4 nitrogen and oxygen atoms in total. The molecule has 1 amide bonds. The standard InChI is InChI=1S/C12H18N2O2S/c1-9-3-7-17-11(9)2-4-14-12(15)10-8-13-5-6-16-10/h3,7,10,13H,2,4-6,8H2,1H3,(H,14,15)/t10-/m0/s1. The predicted molar refractivity (Wildman–Crippen MR) is 68.4 cm³/mol. The van der Waals surface area contributed by atoms with Crippen molar-refractivity contribution < 1.29 is 9.53 Å². The first-order chi connectivity index (χ1) is 8.27. The van der Waals surface area contributed by atoms with Gasteiger partial charge in [-0.05, 0) is 30.4 Å². The van der Waals surface area contributed by atoms with Crippen LogP contribution in [0.1, 0.15) is 10.4 Å². The second-order valence-corrected chi connectivity index (χ2v) is 5.13. The van der Waals surface area contributed by atoms with Gasteiger partial charge in [0.1, 0.15) is 6.10 Å². The Morgan fingerprint density at radius 2 is 2.59 bits per heavy atom. The molecular weight excluding hydrogens is 236 g/mol. The second kappa shape index (κ2) is 6.14. The van der Waals surface area contributed by atoms with Crippen LogP contribution in [0.15, 0.2) is 11.4 Å². The molecule has 2 N–H and O–H groups in total. The molecule has 17 heavy (non-hydrogen) atoms. The summed E-state index contributed by atoms with van der Waals surface area (Å²) in [6, 6.07) is 2.11. The van der Waals surface area contributed by atoms with Crippen molar-refractivity contribution in [3.63, 3.8) is 0 Å². The second-order valence-electron chi connectivity index (χ2n) is 4.13. The largest absolute Gasteiger partial charge is 0.366 e. The minimum absolute atomic E-state index is 0.00795. The number of amides is 1. The van der Waals surface area contributed by atoms with Crippen molar-refractivity contribution in [3.05, 3.63) is 21.9 Å². The van der Waals surface area contributed by atoms with E-state index in [9.17, 15) is 4.79 Å². The Bertz CT molecular complexity index is 372. The smallest absolute Gasteiger partial charge is 0.250 e. The van der Waals surface area contributed by atoms with Crippen molar-refractivity contribution in [2.24, 2.45) is 0 Å². The summed E-state index contributed by atoms with van der Waals surface area (Å²) in [7, 11) is 0. The highest BCUT2D eigenvalue weighted by molar-refractivity contribution is 7.10. The third-order valence-corrected chi connectivity index (χ3v) is 3.92. The molecule has 1 aliphatic rings. The van der Waals surface area contributed by atoms with Gasteiger partial charge < -0.3 is 15.4 Å². The highest BCUT2D eigenvalue weighted by Crippen LogP contribution is 2.15. The fourth-order valence-electron chi connectivity index (χ4n) is 1.81. The molecule has 1 aromatic rings. The summed E-state index contributed by atoms with van der Waals surface area (Å²) in [6.07, 6.45) is 0.572. The monoisotopic (exact) mass is 254 g/mol. The molecule has 2 heterocycles. The van der Waals surface area contributed by atoms with Crippen molar-refractivity contribution in [1.82, 2.24) is 10.6 Å². The lowest BCUT2D eigenvalue weighted by atomic mass is 10.2. The van der Waals surface area contributed by atoms with E-state index in [1.165, 1.54) is 10.4 Å². The van der Waals surface area contributed by atoms with Crippen LogP contribution in [0.3, 0.4) is 0 Å². The summed E-state index contributed by atoms with van der Waals surface area (Å²) in [6.45, 7) is 4.84. The summed E-state index contributed by atoms with van der Waals surface area (Å²) in [5.41, 5.74) is 1.31. The van der Waals surface area contributed by atoms with Crippen LogP contribution >= 0.6 is 11.3 Å². The molecule has 94 valence electrons. The fourth-order valence-corrected chi connectivity index (χ4v) is 2.72. The van der Waals surface area contributed by atoms with Crippen molar-refractivity contribution in [1.29, 1.82) is 0 Å². The van der Waals surface area contributed by atoms with Crippen LogP contribution in [-0.4, -0.2) is 38.3 Å². The van der Waals surface area contributed by atoms with Gasteiger partial charge in [0.15, 0.2) is 0 Å². The van der Waals surface area contributed by atoms with Crippen molar-refractivity contribution >= 4 is 17.2 Å². The summed E-state index contributed by atoms with van der Waals surface area (Å²) in [4.78, 5) is 13.1. The lowest BCUT2D eigenvalue weighted by Crippen LogP contribution is -2.48. The number of thiophene rings is 1. The van der Waals surface area contributed by atoms with E-state index in [1.54, 1.807) is 11.3 Å².